The molecule has 150 valence electrons. The van der Waals surface area contributed by atoms with E-state index >= 15 is 0 Å². The maximum atomic E-state index is 12.1. The molecule has 29 heavy (non-hydrogen) atoms. The van der Waals surface area contributed by atoms with Gasteiger partial charge in [-0.3, -0.25) is 0 Å². The van der Waals surface area contributed by atoms with Gasteiger partial charge in [0, 0.05) is 53.7 Å². The third-order valence-electron chi connectivity index (χ3n) is 5.35. The minimum Gasteiger partial charge on any atom is -0.368 e. The van der Waals surface area contributed by atoms with E-state index in [-0.39, 0.29) is 6.04 Å². The Kier molecular flexibility index (Phi) is 6.28. The Labute approximate surface area is 181 Å². The van der Waals surface area contributed by atoms with Gasteiger partial charge in [0.05, 0.1) is 0 Å². The maximum absolute atomic E-state index is 12.1. The average molecular weight is 426 g/mol. The van der Waals surface area contributed by atoms with E-state index in [0.717, 1.165) is 48.6 Å². The fraction of sp³-hybridized carbons (Fsp3) is 0.261. The Morgan fingerprint density at radius 3 is 2.48 bits per heavy atom. The van der Waals surface area contributed by atoms with Crippen molar-refractivity contribution in [1.29, 1.82) is 0 Å². The summed E-state index contributed by atoms with van der Waals surface area (Å²) in [4.78, 5) is 19.9. The Bertz CT molecular complexity index is 920. The highest BCUT2D eigenvalue weighted by Gasteiger charge is 2.25. The van der Waals surface area contributed by atoms with Crippen molar-refractivity contribution in [2.24, 2.45) is 0 Å². The predicted octanol–water partition coefficient (Wildman–Crippen LogP) is 4.72. The zero-order valence-corrected chi connectivity index (χ0v) is 17.9. The second-order valence-electron chi connectivity index (χ2n) is 7.26. The number of carbonyl (C=O) groups excluding carboxylic acids is 1. The molecule has 4 nitrogen and oxygen atoms in total. The fourth-order valence-corrected chi connectivity index (χ4v) is 4.66. The molecule has 0 N–H and O–H groups in total. The number of para-hydroxylation sites is 1. The molecule has 6 heteroatoms. The van der Waals surface area contributed by atoms with Gasteiger partial charge in [-0.05, 0) is 54.4 Å². The van der Waals surface area contributed by atoms with E-state index < -0.39 is 0 Å². The lowest BCUT2D eigenvalue weighted by atomic mass is 10.1. The Morgan fingerprint density at radius 1 is 1.03 bits per heavy atom. The van der Waals surface area contributed by atoms with Crippen molar-refractivity contribution in [2.75, 3.05) is 43.0 Å². The molecule has 0 aliphatic carbocycles. The molecule has 0 bridgehead atoms. The van der Waals surface area contributed by atoms with Gasteiger partial charge < -0.3 is 19.5 Å². The van der Waals surface area contributed by atoms with Crippen LogP contribution in [-0.2, 0) is 4.79 Å². The van der Waals surface area contributed by atoms with Crippen LogP contribution in [0.15, 0.2) is 65.0 Å². The molecular weight excluding hydrogens is 402 g/mol. The second kappa shape index (κ2) is 9.08. The number of thioether (sulfide) groups is 1. The van der Waals surface area contributed by atoms with Crippen molar-refractivity contribution in [3.8, 4) is 0 Å². The van der Waals surface area contributed by atoms with Gasteiger partial charge >= 0.3 is 0 Å². The normalized spacial score (nSPS) is 21.6. The van der Waals surface area contributed by atoms with Gasteiger partial charge in [0.1, 0.15) is 12.3 Å². The monoisotopic (exact) mass is 425 g/mol. The van der Waals surface area contributed by atoms with Gasteiger partial charge in [0.2, 0.25) is 0 Å². The van der Waals surface area contributed by atoms with Gasteiger partial charge in [-0.15, -0.1) is 0 Å². The summed E-state index contributed by atoms with van der Waals surface area (Å²) in [5.41, 5.74) is 3.32. The molecule has 0 saturated carbocycles. The summed E-state index contributed by atoms with van der Waals surface area (Å²) in [5.74, 6) is 0. The average Bonchev–Trinajstić information content (AvgIpc) is 2.75. The number of anilines is 2. The molecule has 4 rings (SSSR count). The summed E-state index contributed by atoms with van der Waals surface area (Å²) < 4.78 is 0. The van der Waals surface area contributed by atoms with Crippen molar-refractivity contribution >= 4 is 47.1 Å². The van der Waals surface area contributed by atoms with Crippen LogP contribution in [0, 0.1) is 0 Å². The van der Waals surface area contributed by atoms with Gasteiger partial charge in [0.25, 0.3) is 0 Å². The highest BCUT2D eigenvalue weighted by Crippen LogP contribution is 2.36. The smallest absolute Gasteiger partial charge is 0.147 e. The van der Waals surface area contributed by atoms with Crippen molar-refractivity contribution < 1.29 is 4.79 Å². The molecule has 2 aromatic carbocycles. The van der Waals surface area contributed by atoms with E-state index in [0.29, 0.717) is 5.02 Å². The van der Waals surface area contributed by atoms with E-state index in [1.54, 1.807) is 11.8 Å². The Hall–Kier alpha value is -2.21. The van der Waals surface area contributed by atoms with Crippen LogP contribution in [0.25, 0.3) is 6.08 Å². The van der Waals surface area contributed by atoms with Crippen molar-refractivity contribution in [1.82, 2.24) is 4.90 Å². The lowest BCUT2D eigenvalue weighted by Crippen LogP contribution is -2.44. The van der Waals surface area contributed by atoms with Crippen molar-refractivity contribution in [3.63, 3.8) is 0 Å². The molecule has 2 heterocycles. The first-order valence-electron chi connectivity index (χ1n) is 9.72. The number of piperazine rings is 1. The van der Waals surface area contributed by atoms with E-state index in [1.807, 2.05) is 40.8 Å². The number of aldehydes is 1. The van der Waals surface area contributed by atoms with Crippen LogP contribution in [0.2, 0.25) is 5.02 Å². The van der Waals surface area contributed by atoms with Crippen LogP contribution in [0.1, 0.15) is 5.56 Å². The highest BCUT2D eigenvalue weighted by atomic mass is 35.5. The van der Waals surface area contributed by atoms with E-state index in [1.165, 1.54) is 5.69 Å². The Morgan fingerprint density at radius 2 is 1.76 bits per heavy atom. The van der Waals surface area contributed by atoms with Gasteiger partial charge in [0.15, 0.2) is 0 Å². The molecule has 0 radical (unpaired) electrons. The number of nitrogens with zero attached hydrogens (tertiary/aromatic N) is 3. The molecule has 1 fully saturated rings. The van der Waals surface area contributed by atoms with Gasteiger partial charge in [-0.25, -0.2) is 0 Å². The lowest BCUT2D eigenvalue weighted by molar-refractivity contribution is -0.108. The molecule has 2 aliphatic heterocycles. The molecule has 1 unspecified atom stereocenters. The summed E-state index contributed by atoms with van der Waals surface area (Å²) >= 11 is 7.63. The topological polar surface area (TPSA) is 26.8 Å². The third kappa shape index (κ3) is 4.53. The van der Waals surface area contributed by atoms with Crippen LogP contribution in [0.3, 0.4) is 0 Å². The van der Waals surface area contributed by atoms with Crippen LogP contribution < -0.4 is 9.80 Å². The molecule has 1 saturated heterocycles. The van der Waals surface area contributed by atoms with Crippen LogP contribution in [0.5, 0.6) is 0 Å². The fourth-order valence-electron chi connectivity index (χ4n) is 3.68. The van der Waals surface area contributed by atoms with Crippen molar-refractivity contribution in [2.45, 2.75) is 6.04 Å². The van der Waals surface area contributed by atoms with Crippen LogP contribution in [-0.4, -0.2) is 50.5 Å². The first-order valence-corrected chi connectivity index (χ1v) is 11.0. The SMILES string of the molecule is CN1CCN(c2ccccc2C=C2SC=CN(c3ccc(Cl)cc3)C2C=O)CC1. The molecule has 2 aliphatic rings. The first kappa shape index (κ1) is 20.1. The summed E-state index contributed by atoms with van der Waals surface area (Å²) in [6.07, 6.45) is 5.12. The van der Waals surface area contributed by atoms with E-state index in [9.17, 15) is 4.79 Å². The molecule has 2 aromatic rings. The minimum absolute atomic E-state index is 0.355. The summed E-state index contributed by atoms with van der Waals surface area (Å²) in [7, 11) is 2.16. The van der Waals surface area contributed by atoms with Gasteiger partial charge in [-0.1, -0.05) is 41.6 Å². The number of benzene rings is 2. The largest absolute Gasteiger partial charge is 0.368 e. The molecule has 0 aromatic heterocycles. The summed E-state index contributed by atoms with van der Waals surface area (Å²) in [5, 5.41) is 2.71. The predicted molar refractivity (Wildman–Crippen MR) is 125 cm³/mol. The zero-order chi connectivity index (χ0) is 20.2. The highest BCUT2D eigenvalue weighted by molar-refractivity contribution is 8.06. The maximum Gasteiger partial charge on any atom is 0.147 e. The lowest BCUT2D eigenvalue weighted by Gasteiger charge is -2.35. The van der Waals surface area contributed by atoms with Gasteiger partial charge in [-0.2, -0.15) is 0 Å². The molecule has 0 spiro atoms. The standard InChI is InChI=1S/C23H24ClN3OS/c1-25-10-12-26(13-11-25)21-5-3-2-4-18(21)16-23-22(17-28)27(14-15-29-23)20-8-6-19(24)7-9-20/h2-9,14-17,22H,10-13H2,1H3. The number of rotatable bonds is 4. The van der Waals surface area contributed by atoms with E-state index in [4.69, 9.17) is 11.6 Å². The van der Waals surface area contributed by atoms with Crippen LogP contribution in [0.4, 0.5) is 11.4 Å². The second-order valence-corrected chi connectivity index (χ2v) is 8.68. The van der Waals surface area contributed by atoms with Crippen molar-refractivity contribution in [3.05, 3.63) is 75.6 Å². The first-order chi connectivity index (χ1) is 14.2. The molecular formula is C23H24ClN3OS. The summed E-state index contributed by atoms with van der Waals surface area (Å²) in [6.45, 7) is 4.14. The van der Waals surface area contributed by atoms with E-state index in [2.05, 4.69) is 47.2 Å². The minimum atomic E-state index is -0.355. The number of hydrogen-bond donors (Lipinski definition) is 0. The number of carbonyl (C=O) groups is 1. The summed E-state index contributed by atoms with van der Waals surface area (Å²) in [6, 6.07) is 15.7. The number of likely N-dealkylation sites (N-methyl/N-ethyl adjacent to an activating group) is 1. The zero-order valence-electron chi connectivity index (χ0n) is 16.4. The van der Waals surface area contributed by atoms with Crippen LogP contribution >= 0.6 is 23.4 Å². The quantitative estimate of drug-likeness (QED) is 0.660. The molecule has 1 atom stereocenters. The molecule has 0 amide bonds. The Balaban J connectivity index is 1.65. The number of hydrogen-bond acceptors (Lipinski definition) is 5. The third-order valence-corrected chi connectivity index (χ3v) is 6.49. The number of halogens is 1.